The van der Waals surface area contributed by atoms with Gasteiger partial charge < -0.3 is 0 Å². The third kappa shape index (κ3) is 2.90. The molecule has 3 nitrogen and oxygen atoms in total. The summed E-state index contributed by atoms with van der Waals surface area (Å²) in [6.45, 7) is 8.38. The van der Waals surface area contributed by atoms with Gasteiger partial charge in [-0.05, 0) is 19.9 Å². The van der Waals surface area contributed by atoms with Crippen molar-refractivity contribution in [3.8, 4) is 0 Å². The van der Waals surface area contributed by atoms with Crippen LogP contribution in [0.5, 0.6) is 0 Å². The summed E-state index contributed by atoms with van der Waals surface area (Å²) in [7, 11) is 0. The number of aromatic nitrogens is 2. The van der Waals surface area contributed by atoms with Crippen molar-refractivity contribution in [3.63, 3.8) is 0 Å². The molecule has 14 heavy (non-hydrogen) atoms. The van der Waals surface area contributed by atoms with Crippen LogP contribution in [0, 0.1) is 0 Å². The molecule has 80 valence electrons. The molecule has 0 saturated heterocycles. The first kappa shape index (κ1) is 11.9. The van der Waals surface area contributed by atoms with Crippen LogP contribution in [0.15, 0.2) is 0 Å². The van der Waals surface area contributed by atoms with Crippen LogP contribution in [0.1, 0.15) is 32.9 Å². The molecule has 1 aromatic heterocycles. The van der Waals surface area contributed by atoms with Gasteiger partial charge in [0, 0.05) is 24.1 Å². The molecule has 0 N–H and O–H groups in total. The van der Waals surface area contributed by atoms with Gasteiger partial charge >= 0.3 is 0 Å². The second kappa shape index (κ2) is 5.63. The Balaban J connectivity index is 2.61. The molecule has 0 aliphatic rings. The molecule has 0 fully saturated rings. The van der Waals surface area contributed by atoms with Gasteiger partial charge in [0.05, 0.1) is 0 Å². The summed E-state index contributed by atoms with van der Waals surface area (Å²) in [6.07, 6.45) is 1.14. The van der Waals surface area contributed by atoms with E-state index in [2.05, 4.69) is 35.3 Å². The highest BCUT2D eigenvalue weighted by molar-refractivity contribution is 7.10. The topological polar surface area (TPSA) is 29.0 Å². The zero-order chi connectivity index (χ0) is 10.6. The molecule has 1 heterocycles. The first-order chi connectivity index (χ1) is 6.69. The van der Waals surface area contributed by atoms with E-state index < -0.39 is 0 Å². The molecule has 0 aromatic carbocycles. The molecule has 0 amide bonds. The SMILES string of the molecule is CCC(C)N(CC)Cc1nnsc1Cl. The lowest BCUT2D eigenvalue weighted by atomic mass is 10.2. The summed E-state index contributed by atoms with van der Waals surface area (Å²) < 4.78 is 4.54. The normalized spacial score (nSPS) is 13.5. The van der Waals surface area contributed by atoms with Gasteiger partial charge in [-0.25, -0.2) is 0 Å². The maximum absolute atomic E-state index is 5.96. The number of hydrogen-bond acceptors (Lipinski definition) is 4. The maximum atomic E-state index is 5.96. The van der Waals surface area contributed by atoms with E-state index in [0.29, 0.717) is 10.4 Å². The molecule has 5 heteroatoms. The van der Waals surface area contributed by atoms with Gasteiger partial charge in [0.25, 0.3) is 0 Å². The second-order valence-electron chi connectivity index (χ2n) is 3.31. The van der Waals surface area contributed by atoms with E-state index in [4.69, 9.17) is 11.6 Å². The van der Waals surface area contributed by atoms with Gasteiger partial charge in [-0.1, -0.05) is 29.9 Å². The summed E-state index contributed by atoms with van der Waals surface area (Å²) in [5, 5.41) is 4.02. The third-order valence-corrected chi connectivity index (χ3v) is 3.47. The average Bonchev–Trinajstić information content (AvgIpc) is 2.59. The zero-order valence-electron chi connectivity index (χ0n) is 8.83. The van der Waals surface area contributed by atoms with Crippen LogP contribution in [-0.4, -0.2) is 27.1 Å². The van der Waals surface area contributed by atoms with E-state index in [9.17, 15) is 0 Å². The zero-order valence-corrected chi connectivity index (χ0v) is 10.4. The minimum atomic E-state index is 0.567. The Kier molecular flexibility index (Phi) is 4.78. The van der Waals surface area contributed by atoms with Crippen LogP contribution in [-0.2, 0) is 6.54 Å². The minimum absolute atomic E-state index is 0.567. The molecule has 1 aromatic rings. The van der Waals surface area contributed by atoms with E-state index >= 15 is 0 Å². The highest BCUT2D eigenvalue weighted by Gasteiger charge is 2.14. The molecule has 0 bridgehead atoms. The monoisotopic (exact) mass is 233 g/mol. The first-order valence-corrected chi connectivity index (χ1v) is 6.04. The Morgan fingerprint density at radius 2 is 2.21 bits per heavy atom. The van der Waals surface area contributed by atoms with E-state index in [1.165, 1.54) is 11.5 Å². The Morgan fingerprint density at radius 3 is 2.64 bits per heavy atom. The molecule has 0 radical (unpaired) electrons. The average molecular weight is 234 g/mol. The van der Waals surface area contributed by atoms with Gasteiger partial charge in [-0.3, -0.25) is 4.90 Å². The van der Waals surface area contributed by atoms with Crippen LogP contribution < -0.4 is 0 Å². The molecule has 0 aliphatic carbocycles. The summed E-state index contributed by atoms with van der Waals surface area (Å²) in [6, 6.07) is 0.567. The lowest BCUT2D eigenvalue weighted by Crippen LogP contribution is -2.32. The number of nitrogens with zero attached hydrogens (tertiary/aromatic N) is 3. The molecule has 1 unspecified atom stereocenters. The Labute approximate surface area is 94.2 Å². The summed E-state index contributed by atoms with van der Waals surface area (Å²) >= 11 is 7.21. The molecule has 0 aliphatic heterocycles. The van der Waals surface area contributed by atoms with Crippen molar-refractivity contribution in [2.45, 2.75) is 39.8 Å². The van der Waals surface area contributed by atoms with Gasteiger partial charge in [0.15, 0.2) is 0 Å². The van der Waals surface area contributed by atoms with Crippen LogP contribution in [0.3, 0.4) is 0 Å². The fraction of sp³-hybridized carbons (Fsp3) is 0.778. The quantitative estimate of drug-likeness (QED) is 0.783. The van der Waals surface area contributed by atoms with E-state index in [1.54, 1.807) is 0 Å². The van der Waals surface area contributed by atoms with Gasteiger partial charge in [-0.2, -0.15) is 0 Å². The second-order valence-corrected chi connectivity index (χ2v) is 4.67. The van der Waals surface area contributed by atoms with Gasteiger partial charge in [0.2, 0.25) is 0 Å². The van der Waals surface area contributed by atoms with E-state index in [1.807, 2.05) is 0 Å². The van der Waals surface area contributed by atoms with Crippen molar-refractivity contribution in [2.24, 2.45) is 0 Å². The standard InChI is InChI=1S/C9H16ClN3S/c1-4-7(3)13(5-2)6-8-9(10)14-12-11-8/h7H,4-6H2,1-3H3. The Bertz CT molecular complexity index is 277. The summed E-state index contributed by atoms with van der Waals surface area (Å²) in [5.41, 5.74) is 0.902. The lowest BCUT2D eigenvalue weighted by Gasteiger charge is -2.25. The van der Waals surface area contributed by atoms with E-state index in [0.717, 1.165) is 25.2 Å². The van der Waals surface area contributed by atoms with Crippen molar-refractivity contribution in [2.75, 3.05) is 6.54 Å². The molecule has 1 rings (SSSR count). The number of halogens is 1. The first-order valence-electron chi connectivity index (χ1n) is 4.89. The van der Waals surface area contributed by atoms with Crippen LogP contribution in [0.4, 0.5) is 0 Å². The smallest absolute Gasteiger partial charge is 0.138 e. The maximum Gasteiger partial charge on any atom is 0.138 e. The molecular weight excluding hydrogens is 218 g/mol. The van der Waals surface area contributed by atoms with Crippen molar-refractivity contribution in [3.05, 3.63) is 10.0 Å². The largest absolute Gasteiger partial charge is 0.295 e. The Morgan fingerprint density at radius 1 is 1.50 bits per heavy atom. The van der Waals surface area contributed by atoms with Crippen molar-refractivity contribution in [1.29, 1.82) is 0 Å². The van der Waals surface area contributed by atoms with Crippen molar-refractivity contribution < 1.29 is 0 Å². The van der Waals surface area contributed by atoms with Crippen molar-refractivity contribution >= 4 is 23.1 Å². The highest BCUT2D eigenvalue weighted by atomic mass is 35.5. The summed E-state index contributed by atoms with van der Waals surface area (Å²) in [4.78, 5) is 2.35. The third-order valence-electron chi connectivity index (χ3n) is 2.48. The van der Waals surface area contributed by atoms with Gasteiger partial charge in [-0.15, -0.1) is 5.10 Å². The highest BCUT2D eigenvalue weighted by Crippen LogP contribution is 2.20. The minimum Gasteiger partial charge on any atom is -0.295 e. The lowest BCUT2D eigenvalue weighted by molar-refractivity contribution is 0.203. The van der Waals surface area contributed by atoms with Crippen molar-refractivity contribution in [1.82, 2.24) is 14.5 Å². The molecule has 0 spiro atoms. The summed E-state index contributed by atoms with van der Waals surface area (Å²) in [5.74, 6) is 0. The van der Waals surface area contributed by atoms with E-state index in [-0.39, 0.29) is 0 Å². The Hall–Kier alpha value is -0.190. The number of rotatable bonds is 5. The van der Waals surface area contributed by atoms with Crippen LogP contribution in [0.25, 0.3) is 0 Å². The fourth-order valence-electron chi connectivity index (χ4n) is 1.32. The predicted molar refractivity (Wildman–Crippen MR) is 60.8 cm³/mol. The van der Waals surface area contributed by atoms with Crippen LogP contribution in [0.2, 0.25) is 4.34 Å². The fourth-order valence-corrected chi connectivity index (χ4v) is 1.93. The van der Waals surface area contributed by atoms with Crippen LogP contribution >= 0.6 is 23.1 Å². The molecule has 0 saturated carbocycles. The molecular formula is C9H16ClN3S. The molecule has 1 atom stereocenters. The van der Waals surface area contributed by atoms with Gasteiger partial charge in [0.1, 0.15) is 10.0 Å². The number of hydrogen-bond donors (Lipinski definition) is 0. The predicted octanol–water partition coefficient (Wildman–Crippen LogP) is 2.81.